The molecule has 1 N–H and O–H groups in total. The second-order valence-corrected chi connectivity index (χ2v) is 6.81. The van der Waals surface area contributed by atoms with Crippen LogP contribution in [0.25, 0.3) is 0 Å². The third-order valence-corrected chi connectivity index (χ3v) is 4.82. The van der Waals surface area contributed by atoms with E-state index in [1.54, 1.807) is 11.3 Å². The number of hydrogen-bond donors (Lipinski definition) is 1. The topological polar surface area (TPSA) is 63.6 Å². The van der Waals surface area contributed by atoms with E-state index in [1.165, 1.54) is 0 Å². The van der Waals surface area contributed by atoms with Gasteiger partial charge in [0.25, 0.3) is 5.91 Å². The monoisotopic (exact) mass is 345 g/mol. The molecule has 0 unspecified atom stereocenters. The Morgan fingerprint density at radius 3 is 2.71 bits per heavy atom. The summed E-state index contributed by atoms with van der Waals surface area (Å²) < 4.78 is 0. The van der Waals surface area contributed by atoms with Gasteiger partial charge in [-0.2, -0.15) is 0 Å². The largest absolute Gasteiger partial charge is 0.385 e. The van der Waals surface area contributed by atoms with E-state index in [4.69, 9.17) is 4.84 Å². The maximum Gasteiger partial charge on any atom is 0.265 e. The van der Waals surface area contributed by atoms with Crippen LogP contribution in [0.3, 0.4) is 0 Å². The minimum Gasteiger partial charge on any atom is -0.385 e. The highest BCUT2D eigenvalue weighted by Crippen LogP contribution is 2.21. The minimum absolute atomic E-state index is 0.119. The molecule has 0 aliphatic heterocycles. The highest BCUT2D eigenvalue weighted by molar-refractivity contribution is 7.13. The van der Waals surface area contributed by atoms with E-state index < -0.39 is 0 Å². The van der Waals surface area contributed by atoms with Gasteiger partial charge in [0.1, 0.15) is 0 Å². The smallest absolute Gasteiger partial charge is 0.265 e. The summed E-state index contributed by atoms with van der Waals surface area (Å²) in [5.74, 6) is -0.215. The zero-order chi connectivity index (χ0) is 17.7. The van der Waals surface area contributed by atoms with Crippen LogP contribution in [0.5, 0.6) is 0 Å². The van der Waals surface area contributed by atoms with Crippen molar-refractivity contribution in [2.45, 2.75) is 41.0 Å². The summed E-state index contributed by atoms with van der Waals surface area (Å²) >= 11 is 1.57. The molecule has 0 bridgehead atoms. The molecule has 2 aromatic rings. The highest BCUT2D eigenvalue weighted by atomic mass is 32.1. The molecule has 0 aliphatic carbocycles. The van der Waals surface area contributed by atoms with Crippen molar-refractivity contribution in [1.29, 1.82) is 0 Å². The van der Waals surface area contributed by atoms with Gasteiger partial charge in [-0.25, -0.2) is 4.98 Å². The average molecular weight is 345 g/mol. The van der Waals surface area contributed by atoms with E-state index in [0.717, 1.165) is 44.5 Å². The van der Waals surface area contributed by atoms with Crippen LogP contribution in [0, 0.1) is 20.8 Å². The fourth-order valence-electron chi connectivity index (χ4n) is 2.47. The number of aromatic nitrogens is 1. The van der Waals surface area contributed by atoms with Crippen LogP contribution >= 0.6 is 11.3 Å². The first kappa shape index (κ1) is 18.1. The second kappa shape index (κ2) is 8.06. The Kier molecular flexibility index (Phi) is 6.09. The van der Waals surface area contributed by atoms with Gasteiger partial charge in [0.05, 0.1) is 21.3 Å². The number of para-hydroxylation sites is 1. The van der Waals surface area contributed by atoms with E-state index in [2.05, 4.69) is 22.4 Å². The molecule has 1 aromatic heterocycles. The molecule has 1 heterocycles. The predicted molar refractivity (Wildman–Crippen MR) is 98.9 cm³/mol. The Morgan fingerprint density at radius 2 is 2.08 bits per heavy atom. The summed E-state index contributed by atoms with van der Waals surface area (Å²) in [6.07, 6.45) is 0.861. The summed E-state index contributed by atoms with van der Waals surface area (Å²) in [4.78, 5) is 22.7. The van der Waals surface area contributed by atoms with Crippen LogP contribution in [0.4, 0.5) is 5.69 Å². The number of rotatable bonds is 6. The van der Waals surface area contributed by atoms with Crippen molar-refractivity contribution in [2.75, 3.05) is 11.9 Å². The number of nitrogens with one attached hydrogen (secondary N) is 1. The summed E-state index contributed by atoms with van der Waals surface area (Å²) in [5.41, 5.74) is 4.68. The normalized spacial score (nSPS) is 11.5. The molecule has 5 nitrogen and oxygen atoms in total. The number of aryl methyl sites for hydroxylation is 4. The van der Waals surface area contributed by atoms with Crippen molar-refractivity contribution in [3.05, 3.63) is 44.9 Å². The lowest BCUT2D eigenvalue weighted by Gasteiger charge is -2.12. The van der Waals surface area contributed by atoms with E-state index >= 15 is 0 Å². The minimum atomic E-state index is -0.215. The van der Waals surface area contributed by atoms with Crippen LogP contribution in [0.15, 0.2) is 23.4 Å². The van der Waals surface area contributed by atoms with E-state index in [0.29, 0.717) is 0 Å². The third-order valence-electron chi connectivity index (χ3n) is 3.63. The van der Waals surface area contributed by atoms with Crippen molar-refractivity contribution in [2.24, 2.45) is 5.16 Å². The van der Waals surface area contributed by atoms with Gasteiger partial charge < -0.3 is 10.2 Å². The van der Waals surface area contributed by atoms with E-state index in [-0.39, 0.29) is 12.5 Å². The standard InChI is InChI=1S/C18H23N3O2S/c1-6-15-9-7-8-11(2)17(15)20-16(22)10-23-21-13(4)18-12(3)19-14(5)24-18/h7-9H,6,10H2,1-5H3,(H,20,22). The molecule has 24 heavy (non-hydrogen) atoms. The maximum absolute atomic E-state index is 12.1. The van der Waals surface area contributed by atoms with Gasteiger partial charge in [0.15, 0.2) is 6.61 Å². The van der Waals surface area contributed by atoms with Gasteiger partial charge >= 0.3 is 0 Å². The molecule has 0 radical (unpaired) electrons. The summed E-state index contributed by atoms with van der Waals surface area (Å²) in [6, 6.07) is 5.99. The van der Waals surface area contributed by atoms with Gasteiger partial charge in [-0.1, -0.05) is 30.3 Å². The second-order valence-electron chi connectivity index (χ2n) is 5.61. The van der Waals surface area contributed by atoms with Crippen LogP contribution in [-0.2, 0) is 16.1 Å². The molecule has 6 heteroatoms. The van der Waals surface area contributed by atoms with Gasteiger partial charge in [0.2, 0.25) is 0 Å². The van der Waals surface area contributed by atoms with Crippen molar-refractivity contribution >= 4 is 28.6 Å². The molecule has 2 rings (SSSR count). The van der Waals surface area contributed by atoms with Gasteiger partial charge in [-0.05, 0) is 45.2 Å². The Balaban J connectivity index is 1.97. The molecule has 0 saturated heterocycles. The number of nitrogens with zero attached hydrogens (tertiary/aromatic N) is 2. The molecule has 0 atom stereocenters. The molecule has 0 aliphatic rings. The zero-order valence-electron chi connectivity index (χ0n) is 14.8. The van der Waals surface area contributed by atoms with E-state index in [9.17, 15) is 4.79 Å². The fraction of sp³-hybridized carbons (Fsp3) is 0.389. The number of carbonyl (C=O) groups is 1. The van der Waals surface area contributed by atoms with Crippen molar-refractivity contribution in [1.82, 2.24) is 4.98 Å². The van der Waals surface area contributed by atoms with Crippen LogP contribution in [0.2, 0.25) is 0 Å². The van der Waals surface area contributed by atoms with E-state index in [1.807, 2.05) is 45.9 Å². The van der Waals surface area contributed by atoms with Crippen molar-refractivity contribution in [3.8, 4) is 0 Å². The van der Waals surface area contributed by atoms with Crippen LogP contribution in [-0.4, -0.2) is 23.2 Å². The predicted octanol–water partition coefficient (Wildman–Crippen LogP) is 4.01. The van der Waals surface area contributed by atoms with Gasteiger partial charge in [-0.3, -0.25) is 4.79 Å². The Morgan fingerprint density at radius 1 is 1.33 bits per heavy atom. The van der Waals surface area contributed by atoms with Crippen LogP contribution < -0.4 is 5.32 Å². The lowest BCUT2D eigenvalue weighted by atomic mass is 10.1. The summed E-state index contributed by atoms with van der Waals surface area (Å²) in [5, 5.41) is 7.94. The van der Waals surface area contributed by atoms with Crippen molar-refractivity contribution in [3.63, 3.8) is 0 Å². The Hall–Kier alpha value is -2.21. The molecule has 1 amide bonds. The average Bonchev–Trinajstić information content (AvgIpc) is 2.88. The van der Waals surface area contributed by atoms with Crippen molar-refractivity contribution < 1.29 is 9.63 Å². The lowest BCUT2D eigenvalue weighted by Crippen LogP contribution is -2.19. The fourth-order valence-corrected chi connectivity index (χ4v) is 3.33. The molecular formula is C18H23N3O2S. The Bertz CT molecular complexity index is 766. The Labute approximate surface area is 146 Å². The summed E-state index contributed by atoms with van der Waals surface area (Å²) in [7, 11) is 0. The first-order valence-corrected chi connectivity index (χ1v) is 8.73. The lowest BCUT2D eigenvalue weighted by molar-refractivity contribution is -0.120. The number of benzene rings is 1. The maximum atomic E-state index is 12.1. The molecule has 0 fully saturated rings. The first-order valence-electron chi connectivity index (χ1n) is 7.91. The molecule has 0 spiro atoms. The number of thiazole rings is 1. The zero-order valence-corrected chi connectivity index (χ0v) is 15.6. The highest BCUT2D eigenvalue weighted by Gasteiger charge is 2.11. The first-order chi connectivity index (χ1) is 11.4. The number of carbonyl (C=O) groups excluding carboxylic acids is 1. The van der Waals surface area contributed by atoms with Gasteiger partial charge in [-0.15, -0.1) is 11.3 Å². The number of anilines is 1. The summed E-state index contributed by atoms with van der Waals surface area (Å²) in [6.45, 7) is 9.67. The SMILES string of the molecule is CCc1cccc(C)c1NC(=O)CON=C(C)c1sc(C)nc1C. The van der Waals surface area contributed by atoms with Gasteiger partial charge in [0, 0.05) is 5.69 Å². The number of amides is 1. The molecular weight excluding hydrogens is 322 g/mol. The molecule has 128 valence electrons. The molecule has 0 saturated carbocycles. The molecule has 1 aromatic carbocycles. The number of hydrogen-bond acceptors (Lipinski definition) is 5. The number of oxime groups is 1. The van der Waals surface area contributed by atoms with Crippen LogP contribution in [0.1, 0.15) is 40.6 Å². The quantitative estimate of drug-likeness (QED) is 0.635. The third kappa shape index (κ3) is 4.41.